The van der Waals surface area contributed by atoms with Crippen molar-refractivity contribution in [3.8, 4) is 17.2 Å². The van der Waals surface area contributed by atoms with Crippen LogP contribution in [0.15, 0.2) is 116 Å². The van der Waals surface area contributed by atoms with Gasteiger partial charge < -0.3 is 37.1 Å². The molecule has 4 aromatic carbocycles. The van der Waals surface area contributed by atoms with E-state index in [-0.39, 0.29) is 29.1 Å². The van der Waals surface area contributed by atoms with Crippen LogP contribution in [0.2, 0.25) is 0 Å². The molecule has 11 nitrogen and oxygen atoms in total. The van der Waals surface area contributed by atoms with E-state index >= 15 is 0 Å². The topological polar surface area (TPSA) is 181 Å². The van der Waals surface area contributed by atoms with Gasteiger partial charge in [-0.3, -0.25) is 0 Å². The van der Waals surface area contributed by atoms with Crippen LogP contribution in [-0.4, -0.2) is 46.9 Å². The SMILES string of the molecule is CC(C)(C)C1Oc2ccccc2N=C1N.CC1Oc2ccc(C(C)(C)C)cc2N=C1N.CCC1Sc2ccccc2N=C1N.CCCCC1Oc2ccccc2N=C1N. The summed E-state index contributed by atoms with van der Waals surface area (Å²) in [5.74, 6) is 4.92. The van der Waals surface area contributed by atoms with E-state index in [2.05, 4.69) is 87.5 Å². The molecular weight excluding hydrogens is 757 g/mol. The average molecular weight is 819 g/mol. The Hall–Kier alpha value is -5.49. The van der Waals surface area contributed by atoms with E-state index in [1.807, 2.05) is 97.5 Å². The Bertz CT molecular complexity index is 2190. The first-order valence-electron chi connectivity index (χ1n) is 20.4. The van der Waals surface area contributed by atoms with Crippen LogP contribution in [0.5, 0.6) is 17.2 Å². The van der Waals surface area contributed by atoms with E-state index in [0.717, 1.165) is 71.5 Å². The molecule has 0 spiro atoms. The van der Waals surface area contributed by atoms with Crippen molar-refractivity contribution in [2.45, 2.75) is 122 Å². The summed E-state index contributed by atoms with van der Waals surface area (Å²) in [7, 11) is 0. The van der Waals surface area contributed by atoms with Gasteiger partial charge in [0.15, 0.2) is 18.3 Å². The summed E-state index contributed by atoms with van der Waals surface area (Å²) in [4.78, 5) is 18.7. The molecule has 0 fully saturated rings. The largest absolute Gasteiger partial charge is 0.481 e. The van der Waals surface area contributed by atoms with Crippen molar-refractivity contribution in [2.75, 3.05) is 0 Å². The molecule has 4 aromatic rings. The van der Waals surface area contributed by atoms with Crippen molar-refractivity contribution in [3.05, 3.63) is 96.6 Å². The van der Waals surface area contributed by atoms with Gasteiger partial charge in [-0.15, -0.1) is 11.8 Å². The standard InChI is InChI=1S/C13H18N2O.2C12H16N2O.C10H12N2S/c1-8-12(14)15-10-7-9(13(2,3)4)5-6-11(10)16-8;1-12(2,3)10-11(13)14-8-6-4-5-7-9(8)15-10;1-2-3-7-11-12(13)14-9-6-4-5-8-10(9)15-11;1-2-8-10(11)12-7-5-3-4-6-9(7)13-8/h5-8H,1-4H3,(H2,14,15);4-7,10H,1-3H3,(H2,13,14);4-6,8,11H,2-3,7H2,1H3,(H2,13,14);3-6,8H,2H2,1H3,(H2,11,12). The fourth-order valence-corrected chi connectivity index (χ4v) is 7.38. The molecule has 4 heterocycles. The van der Waals surface area contributed by atoms with Crippen molar-refractivity contribution in [3.63, 3.8) is 0 Å². The smallest absolute Gasteiger partial charge is 0.160 e. The maximum atomic E-state index is 5.90. The van der Waals surface area contributed by atoms with E-state index in [4.69, 9.17) is 37.1 Å². The van der Waals surface area contributed by atoms with E-state index in [1.165, 1.54) is 10.5 Å². The van der Waals surface area contributed by atoms with Gasteiger partial charge in [-0.2, -0.15) is 0 Å². The molecule has 12 heteroatoms. The highest BCUT2D eigenvalue weighted by Crippen LogP contribution is 2.39. The van der Waals surface area contributed by atoms with Gasteiger partial charge in [0, 0.05) is 10.3 Å². The second-order valence-electron chi connectivity index (χ2n) is 16.9. The number of amidine groups is 4. The molecule has 4 atom stereocenters. The highest BCUT2D eigenvalue weighted by Gasteiger charge is 2.33. The molecule has 0 aromatic heterocycles. The molecule has 0 saturated heterocycles. The number of hydrogen-bond acceptors (Lipinski definition) is 12. The lowest BCUT2D eigenvalue weighted by atomic mass is 9.87. The fraction of sp³-hybridized carbons (Fsp3) is 0.404. The van der Waals surface area contributed by atoms with Crippen molar-refractivity contribution in [2.24, 2.45) is 48.3 Å². The van der Waals surface area contributed by atoms with Crippen LogP contribution in [0.3, 0.4) is 0 Å². The van der Waals surface area contributed by atoms with Gasteiger partial charge in [-0.25, -0.2) is 20.0 Å². The first-order valence-corrected chi connectivity index (χ1v) is 21.3. The zero-order valence-corrected chi connectivity index (χ0v) is 36.8. The molecular formula is C47H62N8O3S. The summed E-state index contributed by atoms with van der Waals surface area (Å²) >= 11 is 1.81. The molecule has 0 bridgehead atoms. The Labute approximate surface area is 354 Å². The molecule has 4 aliphatic rings. The highest BCUT2D eigenvalue weighted by atomic mass is 32.2. The normalized spacial score (nSPS) is 19.9. The highest BCUT2D eigenvalue weighted by molar-refractivity contribution is 8.00. The third-order valence-electron chi connectivity index (χ3n) is 9.83. The van der Waals surface area contributed by atoms with E-state index in [9.17, 15) is 0 Å². The van der Waals surface area contributed by atoms with Gasteiger partial charge >= 0.3 is 0 Å². The van der Waals surface area contributed by atoms with Gasteiger partial charge in [-0.1, -0.05) is 104 Å². The minimum atomic E-state index is -0.146. The van der Waals surface area contributed by atoms with Gasteiger partial charge in [-0.05, 0) is 85.7 Å². The van der Waals surface area contributed by atoms with Crippen LogP contribution >= 0.6 is 11.8 Å². The Morgan fingerprint density at radius 3 is 1.75 bits per heavy atom. The number of rotatable bonds is 4. The number of hydrogen-bond donors (Lipinski definition) is 4. The Kier molecular flexibility index (Phi) is 14.7. The number of aliphatic imine (C=N–C) groups is 4. The van der Waals surface area contributed by atoms with Gasteiger partial charge in [0.1, 0.15) is 57.7 Å². The maximum Gasteiger partial charge on any atom is 0.160 e. The summed E-state index contributed by atoms with van der Waals surface area (Å²) in [5.41, 5.74) is 28.2. The van der Waals surface area contributed by atoms with Crippen LogP contribution < -0.4 is 37.1 Å². The number of nitrogens with zero attached hydrogens (tertiary/aromatic N) is 4. The monoisotopic (exact) mass is 818 g/mol. The van der Waals surface area contributed by atoms with Crippen molar-refractivity contribution >= 4 is 57.9 Å². The number of ether oxygens (including phenoxy) is 3. The summed E-state index contributed by atoms with van der Waals surface area (Å²) < 4.78 is 17.3. The van der Waals surface area contributed by atoms with Gasteiger partial charge in [0.2, 0.25) is 0 Å². The lowest BCUT2D eigenvalue weighted by Crippen LogP contribution is -2.45. The lowest BCUT2D eigenvalue weighted by molar-refractivity contribution is 0.141. The van der Waals surface area contributed by atoms with E-state index < -0.39 is 0 Å². The van der Waals surface area contributed by atoms with Crippen LogP contribution in [0.1, 0.15) is 93.6 Å². The zero-order valence-electron chi connectivity index (χ0n) is 36.0. The lowest BCUT2D eigenvalue weighted by Gasteiger charge is -2.33. The molecule has 0 saturated carbocycles. The Balaban J connectivity index is 0.000000150. The molecule has 8 N–H and O–H groups in total. The van der Waals surface area contributed by atoms with Crippen LogP contribution in [0.4, 0.5) is 22.7 Å². The first kappa shape index (κ1) is 44.6. The summed E-state index contributed by atoms with van der Waals surface area (Å²) in [6.07, 6.45) is 3.92. The molecule has 0 aliphatic carbocycles. The number of para-hydroxylation sites is 5. The van der Waals surface area contributed by atoms with Crippen LogP contribution in [-0.2, 0) is 5.41 Å². The molecule has 0 amide bonds. The molecule has 0 radical (unpaired) electrons. The maximum absolute atomic E-state index is 5.90. The minimum Gasteiger partial charge on any atom is -0.481 e. The quantitative estimate of drug-likeness (QED) is 0.157. The Morgan fingerprint density at radius 2 is 1.14 bits per heavy atom. The molecule has 314 valence electrons. The van der Waals surface area contributed by atoms with Crippen molar-refractivity contribution in [1.29, 1.82) is 0 Å². The van der Waals surface area contributed by atoms with Crippen molar-refractivity contribution < 1.29 is 14.2 Å². The number of fused-ring (bicyclic) bond motifs is 4. The van der Waals surface area contributed by atoms with E-state index in [1.54, 1.807) is 0 Å². The first-order chi connectivity index (χ1) is 28.0. The predicted molar refractivity (Wildman–Crippen MR) is 247 cm³/mol. The summed E-state index contributed by atoms with van der Waals surface area (Å²) in [6.45, 7) is 19.0. The van der Waals surface area contributed by atoms with Gasteiger partial charge in [0.05, 0.1) is 10.9 Å². The average Bonchev–Trinajstić information content (AvgIpc) is 3.19. The third-order valence-corrected chi connectivity index (χ3v) is 11.3. The molecule has 4 aliphatic heterocycles. The number of benzene rings is 4. The molecule has 8 rings (SSSR count). The zero-order chi connectivity index (χ0) is 42.9. The third kappa shape index (κ3) is 11.8. The van der Waals surface area contributed by atoms with E-state index in [0.29, 0.717) is 22.8 Å². The molecule has 4 unspecified atom stereocenters. The predicted octanol–water partition coefficient (Wildman–Crippen LogP) is 10.4. The van der Waals surface area contributed by atoms with Gasteiger partial charge in [0.25, 0.3) is 0 Å². The number of unbranched alkanes of at least 4 members (excludes halogenated alkanes) is 1. The molecule has 59 heavy (non-hydrogen) atoms. The second kappa shape index (κ2) is 19.5. The summed E-state index contributed by atoms with van der Waals surface area (Å²) in [6, 6.07) is 29.7. The van der Waals surface area contributed by atoms with Crippen LogP contribution in [0.25, 0.3) is 0 Å². The number of nitrogens with two attached hydrogens (primary N) is 4. The van der Waals surface area contributed by atoms with Crippen molar-refractivity contribution in [1.82, 2.24) is 0 Å². The fourth-order valence-electron chi connectivity index (χ4n) is 6.34. The number of thioether (sulfide) groups is 1. The second-order valence-corrected chi connectivity index (χ2v) is 18.1. The summed E-state index contributed by atoms with van der Waals surface area (Å²) in [5, 5.41) is 0.356. The minimum absolute atomic E-state index is 0.0406. The Morgan fingerprint density at radius 1 is 0.593 bits per heavy atom. The van der Waals surface area contributed by atoms with Crippen LogP contribution in [0, 0.1) is 5.41 Å².